The van der Waals surface area contributed by atoms with Crippen molar-refractivity contribution in [2.45, 2.75) is 18.9 Å². The van der Waals surface area contributed by atoms with E-state index in [9.17, 15) is 9.18 Å². The molecule has 1 amide bonds. The molecule has 0 aliphatic carbocycles. The largest absolute Gasteiger partial charge is 0.348 e. The Morgan fingerprint density at radius 1 is 1.45 bits per heavy atom. The first kappa shape index (κ1) is 14.7. The van der Waals surface area contributed by atoms with Gasteiger partial charge in [0.05, 0.1) is 11.3 Å². The molecular weight excluding hydrogens is 283 g/mol. The summed E-state index contributed by atoms with van der Waals surface area (Å²) in [6, 6.07) is 6.53. The first-order chi connectivity index (χ1) is 10.6. The van der Waals surface area contributed by atoms with Gasteiger partial charge in [0.15, 0.2) is 0 Å². The van der Waals surface area contributed by atoms with Crippen LogP contribution in [0.1, 0.15) is 23.2 Å². The highest BCUT2D eigenvalue weighted by Gasteiger charge is 2.19. The van der Waals surface area contributed by atoms with E-state index in [-0.39, 0.29) is 17.5 Å². The molecule has 1 aromatic heterocycles. The van der Waals surface area contributed by atoms with Crippen LogP contribution in [0.2, 0.25) is 0 Å². The maximum absolute atomic E-state index is 14.3. The van der Waals surface area contributed by atoms with Crippen LogP contribution in [0.5, 0.6) is 0 Å². The molecule has 1 fully saturated rings. The molecule has 0 radical (unpaired) electrons. The van der Waals surface area contributed by atoms with E-state index >= 15 is 0 Å². The van der Waals surface area contributed by atoms with E-state index in [1.54, 1.807) is 24.0 Å². The van der Waals surface area contributed by atoms with E-state index < -0.39 is 5.82 Å². The lowest BCUT2D eigenvalue weighted by Crippen LogP contribution is -2.45. The van der Waals surface area contributed by atoms with Crippen LogP contribution in [-0.4, -0.2) is 34.8 Å². The van der Waals surface area contributed by atoms with E-state index in [1.165, 1.54) is 12.1 Å². The fourth-order valence-corrected chi connectivity index (χ4v) is 2.75. The van der Waals surface area contributed by atoms with Crippen molar-refractivity contribution in [1.82, 2.24) is 20.4 Å². The van der Waals surface area contributed by atoms with Crippen molar-refractivity contribution in [3.8, 4) is 11.3 Å². The van der Waals surface area contributed by atoms with Gasteiger partial charge in [-0.05, 0) is 37.6 Å². The molecule has 2 heterocycles. The fourth-order valence-electron chi connectivity index (χ4n) is 2.75. The molecule has 1 atom stereocenters. The zero-order valence-electron chi connectivity index (χ0n) is 12.5. The number of piperidine rings is 1. The second kappa shape index (κ2) is 6.27. The molecule has 22 heavy (non-hydrogen) atoms. The van der Waals surface area contributed by atoms with Crippen LogP contribution < -0.4 is 10.6 Å². The Morgan fingerprint density at radius 2 is 2.32 bits per heavy atom. The number of rotatable bonds is 3. The number of halogens is 1. The van der Waals surface area contributed by atoms with Gasteiger partial charge in [0.25, 0.3) is 5.91 Å². The second-order valence-corrected chi connectivity index (χ2v) is 5.55. The molecule has 2 aromatic rings. The predicted molar refractivity (Wildman–Crippen MR) is 82.0 cm³/mol. The molecule has 2 N–H and O–H groups in total. The Bertz CT molecular complexity index is 677. The number of carbonyl (C=O) groups excluding carboxylic acids is 1. The topological polar surface area (TPSA) is 59.0 Å². The molecule has 0 unspecified atom stereocenters. The van der Waals surface area contributed by atoms with Gasteiger partial charge < -0.3 is 10.6 Å². The Kier molecular flexibility index (Phi) is 4.20. The van der Waals surface area contributed by atoms with Crippen molar-refractivity contribution >= 4 is 5.91 Å². The van der Waals surface area contributed by atoms with E-state index in [0.29, 0.717) is 5.56 Å². The quantitative estimate of drug-likeness (QED) is 0.907. The molecular formula is C16H19FN4O. The first-order valence-electron chi connectivity index (χ1n) is 7.44. The fraction of sp³-hybridized carbons (Fsp3) is 0.375. The molecule has 1 aliphatic rings. The maximum Gasteiger partial charge on any atom is 0.254 e. The minimum atomic E-state index is -0.514. The number of aromatic nitrogens is 2. The van der Waals surface area contributed by atoms with Crippen molar-refractivity contribution in [1.29, 1.82) is 0 Å². The average molecular weight is 302 g/mol. The molecule has 5 nitrogen and oxygen atoms in total. The molecule has 0 spiro atoms. The summed E-state index contributed by atoms with van der Waals surface area (Å²) >= 11 is 0. The maximum atomic E-state index is 14.3. The summed E-state index contributed by atoms with van der Waals surface area (Å²) in [4.78, 5) is 12.2. The monoisotopic (exact) mass is 302 g/mol. The standard InChI is InChI=1S/C16H19FN4O/c1-21-15(6-8-19-21)11-4-5-13(14(17)9-11)16(22)20-12-3-2-7-18-10-12/h4-6,8-9,12,18H,2-3,7,10H2,1H3,(H,20,22)/t12-/m0/s1. The van der Waals surface area contributed by atoms with Gasteiger partial charge in [-0.3, -0.25) is 9.48 Å². The summed E-state index contributed by atoms with van der Waals surface area (Å²) in [6.07, 6.45) is 3.60. The van der Waals surface area contributed by atoms with Gasteiger partial charge >= 0.3 is 0 Å². The van der Waals surface area contributed by atoms with Crippen molar-refractivity contribution in [3.63, 3.8) is 0 Å². The van der Waals surface area contributed by atoms with Crippen molar-refractivity contribution < 1.29 is 9.18 Å². The summed E-state index contributed by atoms with van der Waals surface area (Å²) in [5, 5.41) is 10.2. The number of nitrogens with zero attached hydrogens (tertiary/aromatic N) is 2. The Hall–Kier alpha value is -2.21. The predicted octanol–water partition coefficient (Wildman–Crippen LogP) is 1.71. The number of benzene rings is 1. The van der Waals surface area contributed by atoms with Crippen molar-refractivity contribution in [2.75, 3.05) is 13.1 Å². The number of hydrogen-bond acceptors (Lipinski definition) is 3. The number of aryl methyl sites for hydroxylation is 1. The molecule has 1 aliphatic heterocycles. The summed E-state index contributed by atoms with van der Waals surface area (Å²) in [5.41, 5.74) is 1.59. The second-order valence-electron chi connectivity index (χ2n) is 5.55. The average Bonchev–Trinajstić information content (AvgIpc) is 2.94. The normalized spacial score (nSPS) is 18.2. The third kappa shape index (κ3) is 3.01. The van der Waals surface area contributed by atoms with Gasteiger partial charge in [0, 0.05) is 31.4 Å². The van der Waals surface area contributed by atoms with E-state index in [0.717, 1.165) is 31.6 Å². The molecule has 3 rings (SSSR count). The number of amides is 1. The van der Waals surface area contributed by atoms with Gasteiger partial charge in [-0.15, -0.1) is 0 Å². The third-order valence-electron chi connectivity index (χ3n) is 3.96. The molecule has 0 saturated carbocycles. The Morgan fingerprint density at radius 3 is 2.95 bits per heavy atom. The number of carbonyl (C=O) groups is 1. The Balaban J connectivity index is 1.77. The molecule has 6 heteroatoms. The van der Waals surface area contributed by atoms with Gasteiger partial charge in [-0.25, -0.2) is 4.39 Å². The van der Waals surface area contributed by atoms with Gasteiger partial charge in [-0.1, -0.05) is 6.07 Å². The summed E-state index contributed by atoms with van der Waals surface area (Å²) in [7, 11) is 1.80. The summed E-state index contributed by atoms with van der Waals surface area (Å²) in [6.45, 7) is 1.71. The molecule has 116 valence electrons. The number of nitrogens with one attached hydrogen (secondary N) is 2. The van der Waals surface area contributed by atoms with Crippen LogP contribution in [0.15, 0.2) is 30.5 Å². The smallest absolute Gasteiger partial charge is 0.254 e. The van der Waals surface area contributed by atoms with Crippen LogP contribution in [0.4, 0.5) is 4.39 Å². The minimum Gasteiger partial charge on any atom is -0.348 e. The lowest BCUT2D eigenvalue weighted by molar-refractivity contribution is 0.0926. The van der Waals surface area contributed by atoms with Crippen LogP contribution in [0.25, 0.3) is 11.3 Å². The van der Waals surface area contributed by atoms with Crippen molar-refractivity contribution in [3.05, 3.63) is 41.8 Å². The third-order valence-corrected chi connectivity index (χ3v) is 3.96. The number of hydrogen-bond donors (Lipinski definition) is 2. The van der Waals surface area contributed by atoms with Gasteiger partial charge in [-0.2, -0.15) is 5.10 Å². The first-order valence-corrected chi connectivity index (χ1v) is 7.44. The highest BCUT2D eigenvalue weighted by atomic mass is 19.1. The highest BCUT2D eigenvalue weighted by Crippen LogP contribution is 2.21. The zero-order valence-corrected chi connectivity index (χ0v) is 12.5. The SMILES string of the molecule is Cn1nccc1-c1ccc(C(=O)N[C@H]2CCCNC2)c(F)c1. The zero-order chi connectivity index (χ0) is 15.5. The summed E-state index contributed by atoms with van der Waals surface area (Å²) in [5.74, 6) is -0.872. The lowest BCUT2D eigenvalue weighted by Gasteiger charge is -2.23. The Labute approximate surface area is 128 Å². The van der Waals surface area contributed by atoms with E-state index in [2.05, 4.69) is 15.7 Å². The van der Waals surface area contributed by atoms with Crippen LogP contribution in [0, 0.1) is 5.82 Å². The van der Waals surface area contributed by atoms with Gasteiger partial charge in [0.1, 0.15) is 5.82 Å². The molecule has 1 saturated heterocycles. The minimum absolute atomic E-state index is 0.0670. The van der Waals surface area contributed by atoms with Crippen LogP contribution in [-0.2, 0) is 7.05 Å². The van der Waals surface area contributed by atoms with Crippen LogP contribution in [0.3, 0.4) is 0 Å². The molecule has 0 bridgehead atoms. The molecule has 1 aromatic carbocycles. The van der Waals surface area contributed by atoms with E-state index in [4.69, 9.17) is 0 Å². The summed E-state index contributed by atoms with van der Waals surface area (Å²) < 4.78 is 15.9. The van der Waals surface area contributed by atoms with Crippen molar-refractivity contribution in [2.24, 2.45) is 7.05 Å². The lowest BCUT2D eigenvalue weighted by atomic mass is 10.1. The van der Waals surface area contributed by atoms with E-state index in [1.807, 2.05) is 6.07 Å². The van der Waals surface area contributed by atoms with Crippen LogP contribution >= 0.6 is 0 Å². The van der Waals surface area contributed by atoms with Gasteiger partial charge in [0.2, 0.25) is 0 Å². The highest BCUT2D eigenvalue weighted by molar-refractivity contribution is 5.95.